The molecule has 0 bridgehead atoms. The van der Waals surface area contributed by atoms with Crippen LogP contribution in [0.1, 0.15) is 44.2 Å². The van der Waals surface area contributed by atoms with Crippen LogP contribution in [0.25, 0.3) is 0 Å². The Morgan fingerprint density at radius 2 is 2.05 bits per heavy atom. The molecule has 1 N–H and O–H groups in total. The number of hydrogen-bond donors (Lipinski definition) is 1. The van der Waals surface area contributed by atoms with Crippen LogP contribution in [0.3, 0.4) is 0 Å². The minimum absolute atomic E-state index is 0.308. The lowest BCUT2D eigenvalue weighted by Crippen LogP contribution is -2.31. The third-order valence-corrected chi connectivity index (χ3v) is 3.83. The Bertz CT molecular complexity index is 394. The molecule has 19 heavy (non-hydrogen) atoms. The molecule has 0 amide bonds. The Kier molecular flexibility index (Phi) is 4.04. The van der Waals surface area contributed by atoms with Crippen molar-refractivity contribution in [1.29, 1.82) is 0 Å². The van der Waals surface area contributed by atoms with Gasteiger partial charge in [-0.05, 0) is 49.9 Å². The monoisotopic (exact) mass is 261 g/mol. The number of nitrogens with one attached hydrogen (secondary N) is 1. The number of hydrogen-bond acceptors (Lipinski definition) is 3. The van der Waals surface area contributed by atoms with Gasteiger partial charge in [-0.15, -0.1) is 0 Å². The smallest absolute Gasteiger partial charge is 0.119 e. The zero-order valence-corrected chi connectivity index (χ0v) is 11.6. The minimum Gasteiger partial charge on any atom is -0.490 e. The molecule has 1 heterocycles. The van der Waals surface area contributed by atoms with Gasteiger partial charge in [0.05, 0.1) is 18.2 Å². The first kappa shape index (κ1) is 12.9. The van der Waals surface area contributed by atoms with Crippen molar-refractivity contribution in [2.75, 3.05) is 13.2 Å². The van der Waals surface area contributed by atoms with E-state index in [1.165, 1.54) is 24.8 Å². The first-order valence-corrected chi connectivity index (χ1v) is 7.48. The van der Waals surface area contributed by atoms with Crippen LogP contribution in [0.5, 0.6) is 5.75 Å². The normalized spacial score (nSPS) is 24.4. The van der Waals surface area contributed by atoms with E-state index in [0.717, 1.165) is 25.3 Å². The molecule has 2 aliphatic rings. The van der Waals surface area contributed by atoms with Crippen molar-refractivity contribution in [1.82, 2.24) is 5.32 Å². The minimum atomic E-state index is 0.308. The molecule has 1 saturated heterocycles. The molecule has 1 aromatic carbocycles. The van der Waals surface area contributed by atoms with Crippen molar-refractivity contribution in [3.8, 4) is 5.75 Å². The van der Waals surface area contributed by atoms with Crippen LogP contribution in [-0.2, 0) is 4.74 Å². The summed E-state index contributed by atoms with van der Waals surface area (Å²) in [6, 6.07) is 8.83. The number of ether oxygens (including phenoxy) is 2. The number of likely N-dealkylation sites (N-methyl/N-ethyl adjacent to an activating group) is 1. The van der Waals surface area contributed by atoms with E-state index in [9.17, 15) is 0 Å². The van der Waals surface area contributed by atoms with E-state index in [0.29, 0.717) is 18.2 Å². The summed E-state index contributed by atoms with van der Waals surface area (Å²) in [6.45, 7) is 4.01. The zero-order chi connectivity index (χ0) is 13.1. The van der Waals surface area contributed by atoms with Crippen molar-refractivity contribution in [3.05, 3.63) is 29.8 Å². The first-order chi connectivity index (χ1) is 9.36. The summed E-state index contributed by atoms with van der Waals surface area (Å²) in [5.41, 5.74) is 1.30. The van der Waals surface area contributed by atoms with Gasteiger partial charge < -0.3 is 14.8 Å². The maximum absolute atomic E-state index is 5.83. The molecule has 0 spiro atoms. The van der Waals surface area contributed by atoms with Gasteiger partial charge in [-0.25, -0.2) is 0 Å². The van der Waals surface area contributed by atoms with Crippen molar-refractivity contribution in [2.45, 2.75) is 50.9 Å². The standard InChI is InChI=1S/C16H23NO2/c1-2-17-16(15-4-3-11-18-15)12-5-7-13(8-6-12)19-14-9-10-14/h5-8,14-17H,2-4,9-11H2,1H3. The Morgan fingerprint density at radius 3 is 2.63 bits per heavy atom. The molecule has 0 radical (unpaired) electrons. The molecule has 2 unspecified atom stereocenters. The summed E-state index contributed by atoms with van der Waals surface area (Å²) in [4.78, 5) is 0. The van der Waals surface area contributed by atoms with Crippen LogP contribution in [0.15, 0.2) is 24.3 Å². The largest absolute Gasteiger partial charge is 0.490 e. The van der Waals surface area contributed by atoms with Crippen molar-refractivity contribution in [2.24, 2.45) is 0 Å². The van der Waals surface area contributed by atoms with Gasteiger partial charge in [0.15, 0.2) is 0 Å². The Balaban J connectivity index is 1.69. The van der Waals surface area contributed by atoms with Crippen molar-refractivity contribution in [3.63, 3.8) is 0 Å². The highest BCUT2D eigenvalue weighted by Crippen LogP contribution is 2.30. The summed E-state index contributed by atoms with van der Waals surface area (Å²) < 4.78 is 11.6. The number of benzene rings is 1. The zero-order valence-electron chi connectivity index (χ0n) is 11.6. The molecule has 3 heteroatoms. The molecule has 1 aliphatic heterocycles. The lowest BCUT2D eigenvalue weighted by Gasteiger charge is -2.24. The third-order valence-electron chi connectivity index (χ3n) is 3.83. The fourth-order valence-electron chi connectivity index (χ4n) is 2.68. The molecule has 3 rings (SSSR count). The second-order valence-corrected chi connectivity index (χ2v) is 5.47. The molecular weight excluding hydrogens is 238 g/mol. The van der Waals surface area contributed by atoms with Crippen LogP contribution in [0.2, 0.25) is 0 Å². The summed E-state index contributed by atoms with van der Waals surface area (Å²) in [5.74, 6) is 0.994. The molecule has 0 aromatic heterocycles. The lowest BCUT2D eigenvalue weighted by molar-refractivity contribution is 0.0788. The molecule has 1 aromatic rings. The van der Waals surface area contributed by atoms with Crippen LogP contribution in [0, 0.1) is 0 Å². The van der Waals surface area contributed by atoms with Crippen LogP contribution in [0.4, 0.5) is 0 Å². The van der Waals surface area contributed by atoms with Gasteiger partial charge in [0.2, 0.25) is 0 Å². The summed E-state index contributed by atoms with van der Waals surface area (Å²) in [7, 11) is 0. The maximum atomic E-state index is 5.83. The average molecular weight is 261 g/mol. The third kappa shape index (κ3) is 3.28. The van der Waals surface area contributed by atoms with Gasteiger partial charge in [-0.1, -0.05) is 19.1 Å². The van der Waals surface area contributed by atoms with Crippen molar-refractivity contribution >= 4 is 0 Å². The van der Waals surface area contributed by atoms with Crippen LogP contribution in [-0.4, -0.2) is 25.4 Å². The maximum Gasteiger partial charge on any atom is 0.119 e. The predicted molar refractivity (Wildman–Crippen MR) is 75.5 cm³/mol. The fourth-order valence-corrected chi connectivity index (χ4v) is 2.68. The van der Waals surface area contributed by atoms with Gasteiger partial charge in [-0.2, -0.15) is 0 Å². The summed E-state index contributed by atoms with van der Waals surface area (Å²) in [5, 5.41) is 3.55. The molecule has 104 valence electrons. The second kappa shape index (κ2) is 5.93. The first-order valence-electron chi connectivity index (χ1n) is 7.48. The molecule has 3 nitrogen and oxygen atoms in total. The molecule has 1 saturated carbocycles. The van der Waals surface area contributed by atoms with Crippen LogP contribution < -0.4 is 10.1 Å². The van der Waals surface area contributed by atoms with E-state index in [-0.39, 0.29) is 0 Å². The predicted octanol–water partition coefficient (Wildman–Crippen LogP) is 3.06. The van der Waals surface area contributed by atoms with E-state index in [4.69, 9.17) is 9.47 Å². The van der Waals surface area contributed by atoms with E-state index in [2.05, 4.69) is 36.5 Å². The highest BCUT2D eigenvalue weighted by Gasteiger charge is 2.27. The van der Waals surface area contributed by atoms with Gasteiger partial charge in [0.25, 0.3) is 0 Å². The van der Waals surface area contributed by atoms with E-state index >= 15 is 0 Å². The summed E-state index contributed by atoms with van der Waals surface area (Å²) >= 11 is 0. The van der Waals surface area contributed by atoms with Gasteiger partial charge >= 0.3 is 0 Å². The van der Waals surface area contributed by atoms with E-state index < -0.39 is 0 Å². The average Bonchev–Trinajstić information content (AvgIpc) is 3.08. The van der Waals surface area contributed by atoms with Gasteiger partial charge in [-0.3, -0.25) is 0 Å². The molecule has 1 aliphatic carbocycles. The van der Waals surface area contributed by atoms with E-state index in [1.54, 1.807) is 0 Å². The molecule has 2 fully saturated rings. The lowest BCUT2D eigenvalue weighted by atomic mass is 9.99. The fraction of sp³-hybridized carbons (Fsp3) is 0.625. The highest BCUT2D eigenvalue weighted by molar-refractivity contribution is 5.30. The Labute approximate surface area is 115 Å². The van der Waals surface area contributed by atoms with Crippen molar-refractivity contribution < 1.29 is 9.47 Å². The Hall–Kier alpha value is -1.06. The molecule has 2 atom stereocenters. The summed E-state index contributed by atoms with van der Waals surface area (Å²) in [6.07, 6.45) is 5.52. The number of rotatable bonds is 6. The van der Waals surface area contributed by atoms with Gasteiger partial charge in [0, 0.05) is 6.61 Å². The van der Waals surface area contributed by atoms with Gasteiger partial charge in [0.1, 0.15) is 5.75 Å². The molecular formula is C16H23NO2. The quantitative estimate of drug-likeness (QED) is 0.853. The topological polar surface area (TPSA) is 30.5 Å². The second-order valence-electron chi connectivity index (χ2n) is 5.47. The van der Waals surface area contributed by atoms with Crippen LogP contribution >= 0.6 is 0 Å². The highest BCUT2D eigenvalue weighted by atomic mass is 16.5. The SMILES string of the molecule is CCNC(c1ccc(OC2CC2)cc1)C1CCCO1. The van der Waals surface area contributed by atoms with E-state index in [1.807, 2.05) is 0 Å². The Morgan fingerprint density at radius 1 is 1.26 bits per heavy atom.